The number of likely N-dealkylation sites (tertiary alicyclic amines) is 1. The number of fused-ring (bicyclic) bond motifs is 2. The number of likely N-dealkylation sites (N-methyl/N-ethyl adjacent to an activating group) is 2. The number of hydrogen-bond acceptors (Lipinski definition) is 11. The normalized spacial score (nSPS) is 15.1. The number of guanidine groups is 1. The number of hydrogen-bond donors (Lipinski definition) is 12. The van der Waals surface area contributed by atoms with E-state index in [0.717, 1.165) is 26.7 Å². The van der Waals surface area contributed by atoms with Gasteiger partial charge in [0.1, 0.15) is 53.9 Å². The zero-order valence-corrected chi connectivity index (χ0v) is 49.4. The first-order chi connectivity index (χ1) is 41.7. The van der Waals surface area contributed by atoms with Crippen LogP contribution in [0.15, 0.2) is 114 Å². The largest absolute Gasteiger partial charge is 0.508 e. The highest BCUT2D eigenvalue weighted by molar-refractivity contribution is 5.99. The first-order valence-corrected chi connectivity index (χ1v) is 29.4. The van der Waals surface area contributed by atoms with E-state index in [4.69, 9.17) is 11.5 Å². The van der Waals surface area contributed by atoms with E-state index in [-0.39, 0.29) is 88.0 Å². The Bertz CT molecular complexity index is 3380. The van der Waals surface area contributed by atoms with Crippen molar-refractivity contribution in [1.82, 2.24) is 51.7 Å². The standard InChI is InChI=1S/C63H80FN13O10/c1-5-67-59(84)53-17-11-29-77(53)62(87)48(16-10-28-68-63(65)66)72-56(81)49(30-37(2)3)73-58(83)51(32-40-34-69-46-14-8-6-12-44(40)46)74-57(82)50(31-39-20-25-43(79)26-21-39)75-60(85)54(36-78)76(4)61(86)52(33-41-35-70-47-15-9-7-13-45(41)47)71-55(80)27-22-38-18-23-42(64)24-19-38/h6-9,12-15,18-21,23-26,34-35,37,48-54,69-70,78-79H,5,10-11,16-17,22,27-33,36H2,1-4H3,(H,67,84)(H,71,80)(H,72,81)(H,73,83)(H,74,82)(H,75,85)(H4,65,66,68)/t48-,49-,50-,51+,52-,53+,54-/m0/s1. The van der Waals surface area contributed by atoms with Gasteiger partial charge in [-0.2, -0.15) is 0 Å². The molecule has 23 nitrogen and oxygen atoms in total. The number of aliphatic hydroxyl groups is 1. The number of para-hydroxylation sites is 2. The van der Waals surface area contributed by atoms with Gasteiger partial charge in [0.15, 0.2) is 5.96 Å². The van der Waals surface area contributed by atoms with Crippen LogP contribution in [0.3, 0.4) is 0 Å². The van der Waals surface area contributed by atoms with Gasteiger partial charge < -0.3 is 73.3 Å². The molecule has 24 heteroatoms. The zero-order valence-electron chi connectivity index (χ0n) is 49.4. The fourth-order valence-electron chi connectivity index (χ4n) is 10.8. The molecule has 0 unspecified atom stereocenters. The Morgan fingerprint density at radius 2 is 1.26 bits per heavy atom. The SMILES string of the molecule is CCNC(=O)[C@H]1CCCN1C(=O)[C@H](CCCN=C(N)N)NC(=O)[C@H](CC(C)C)NC(=O)[C@@H](Cc1c[nH]c2ccccc12)NC(=O)[C@H](Cc1ccc(O)cc1)NC(=O)[C@H](CO)N(C)C(=O)[C@H](Cc1c[nH]c2ccccc12)NC(=O)CCc1ccc(F)cc1. The number of H-pyrrole nitrogens is 2. The van der Waals surface area contributed by atoms with Crippen molar-refractivity contribution >= 4 is 75.0 Å². The lowest BCUT2D eigenvalue weighted by Crippen LogP contribution is -2.61. The van der Waals surface area contributed by atoms with Gasteiger partial charge in [-0.1, -0.05) is 74.5 Å². The van der Waals surface area contributed by atoms with Crippen molar-refractivity contribution < 1.29 is 53.0 Å². The van der Waals surface area contributed by atoms with E-state index >= 15 is 9.59 Å². The van der Waals surface area contributed by atoms with Gasteiger partial charge in [0.2, 0.25) is 47.3 Å². The molecule has 1 saturated heterocycles. The van der Waals surface area contributed by atoms with Gasteiger partial charge in [-0.15, -0.1) is 0 Å². The van der Waals surface area contributed by atoms with Crippen LogP contribution in [0.2, 0.25) is 0 Å². The number of aromatic hydroxyl groups is 1. The fraction of sp³-hybridized carbons (Fsp3) is 0.413. The van der Waals surface area contributed by atoms with E-state index in [9.17, 15) is 43.4 Å². The lowest BCUT2D eigenvalue weighted by Gasteiger charge is -2.31. The van der Waals surface area contributed by atoms with Crippen LogP contribution in [-0.4, -0.2) is 159 Å². The summed E-state index contributed by atoms with van der Waals surface area (Å²) in [7, 11) is 1.29. The van der Waals surface area contributed by atoms with E-state index in [1.165, 1.54) is 48.3 Å². The minimum absolute atomic E-state index is 0.0294. The summed E-state index contributed by atoms with van der Waals surface area (Å²) in [6, 6.07) is 17.2. The average Bonchev–Trinajstić information content (AvgIpc) is 2.72. The van der Waals surface area contributed by atoms with Gasteiger partial charge in [0.25, 0.3) is 0 Å². The molecule has 0 bridgehead atoms. The molecule has 14 N–H and O–H groups in total. The maximum absolute atomic E-state index is 15.0. The lowest BCUT2D eigenvalue weighted by molar-refractivity contribution is -0.144. The summed E-state index contributed by atoms with van der Waals surface area (Å²) in [6.07, 6.45) is 4.60. The highest BCUT2D eigenvalue weighted by Gasteiger charge is 2.40. The maximum Gasteiger partial charge on any atom is 0.245 e. The molecule has 2 aromatic heterocycles. The molecule has 3 heterocycles. The van der Waals surface area contributed by atoms with E-state index in [2.05, 4.69) is 46.9 Å². The van der Waals surface area contributed by atoms with Crippen LogP contribution in [0.5, 0.6) is 5.75 Å². The van der Waals surface area contributed by atoms with Crippen molar-refractivity contribution in [2.75, 3.05) is 33.3 Å². The van der Waals surface area contributed by atoms with Crippen LogP contribution in [0, 0.1) is 11.7 Å². The second kappa shape index (κ2) is 31.2. The molecule has 87 heavy (non-hydrogen) atoms. The summed E-state index contributed by atoms with van der Waals surface area (Å²) < 4.78 is 13.7. The number of carbonyl (C=O) groups is 8. The van der Waals surface area contributed by atoms with E-state index in [1.54, 1.807) is 31.5 Å². The van der Waals surface area contributed by atoms with Crippen molar-refractivity contribution in [2.45, 2.75) is 127 Å². The first-order valence-electron chi connectivity index (χ1n) is 29.4. The molecule has 1 aliphatic heterocycles. The number of phenols is 1. The Balaban J connectivity index is 1.15. The van der Waals surface area contributed by atoms with Crippen LogP contribution >= 0.6 is 0 Å². The summed E-state index contributed by atoms with van der Waals surface area (Å²) >= 11 is 0. The molecule has 0 spiro atoms. The van der Waals surface area contributed by atoms with Crippen LogP contribution < -0.4 is 43.4 Å². The number of nitrogens with zero attached hydrogens (tertiary/aromatic N) is 3. The molecule has 0 aliphatic carbocycles. The minimum Gasteiger partial charge on any atom is -0.508 e. The summed E-state index contributed by atoms with van der Waals surface area (Å²) in [6.45, 7) is 5.30. The number of aromatic nitrogens is 2. The van der Waals surface area contributed by atoms with E-state index in [1.807, 2.05) is 62.4 Å². The summed E-state index contributed by atoms with van der Waals surface area (Å²) in [4.78, 5) is 128. The topological polar surface area (TPSA) is 352 Å². The van der Waals surface area contributed by atoms with Crippen molar-refractivity contribution in [1.29, 1.82) is 0 Å². The minimum atomic E-state index is -1.64. The summed E-state index contributed by atoms with van der Waals surface area (Å²) in [5.74, 6) is -6.28. The van der Waals surface area contributed by atoms with Gasteiger partial charge in [-0.05, 0) is 110 Å². The third-order valence-corrected chi connectivity index (χ3v) is 15.4. The summed E-state index contributed by atoms with van der Waals surface area (Å²) in [5, 5.41) is 39.5. The van der Waals surface area contributed by atoms with Crippen molar-refractivity contribution in [3.63, 3.8) is 0 Å². The third kappa shape index (κ3) is 18.1. The number of nitrogens with one attached hydrogen (secondary N) is 8. The van der Waals surface area contributed by atoms with Crippen molar-refractivity contribution in [3.8, 4) is 5.75 Å². The van der Waals surface area contributed by atoms with Crippen LogP contribution in [0.4, 0.5) is 4.39 Å². The Labute approximate surface area is 504 Å². The lowest BCUT2D eigenvalue weighted by atomic mass is 9.99. The Hall–Kier alpha value is -9.32. The molecule has 6 aromatic rings. The van der Waals surface area contributed by atoms with E-state index in [0.29, 0.717) is 41.6 Å². The molecular weight excluding hydrogens is 1120 g/mol. The van der Waals surface area contributed by atoms with Gasteiger partial charge in [0.05, 0.1) is 6.61 Å². The molecular formula is C63H80FN13O10. The second-order valence-corrected chi connectivity index (χ2v) is 22.3. The monoisotopic (exact) mass is 1200 g/mol. The molecule has 0 saturated carbocycles. The van der Waals surface area contributed by atoms with Gasteiger partial charge in [-0.3, -0.25) is 43.3 Å². The molecule has 0 radical (unpaired) electrons. The second-order valence-electron chi connectivity index (χ2n) is 22.3. The molecule has 7 rings (SSSR count). The van der Waals surface area contributed by atoms with Crippen LogP contribution in [0.25, 0.3) is 21.8 Å². The highest BCUT2D eigenvalue weighted by Crippen LogP contribution is 2.24. The number of aliphatic imine (C=N–C) groups is 1. The number of halogens is 1. The number of aliphatic hydroxyl groups excluding tert-OH is 1. The number of amides is 8. The predicted molar refractivity (Wildman–Crippen MR) is 327 cm³/mol. The molecule has 7 atom stereocenters. The Morgan fingerprint density at radius 1 is 0.713 bits per heavy atom. The van der Waals surface area contributed by atoms with E-state index < -0.39 is 96.1 Å². The number of carbonyl (C=O) groups excluding carboxylic acids is 8. The Morgan fingerprint density at radius 3 is 1.86 bits per heavy atom. The average molecular weight is 1200 g/mol. The number of benzene rings is 4. The Kier molecular flexibility index (Phi) is 23.4. The van der Waals surface area contributed by atoms with Crippen LogP contribution in [-0.2, 0) is 64.0 Å². The van der Waals surface area contributed by atoms with Crippen molar-refractivity contribution in [2.24, 2.45) is 22.4 Å². The molecule has 464 valence electrons. The number of nitrogens with two attached hydrogens (primary N) is 2. The quantitative estimate of drug-likeness (QED) is 0.0176. The molecule has 1 aliphatic rings. The molecule has 4 aromatic carbocycles. The number of rotatable bonds is 30. The predicted octanol–water partition coefficient (Wildman–Crippen LogP) is 2.62. The molecule has 8 amide bonds. The first kappa shape index (κ1) is 65.2. The number of aromatic amines is 2. The maximum atomic E-state index is 15.0. The van der Waals surface area contributed by atoms with Crippen molar-refractivity contribution in [3.05, 3.63) is 138 Å². The summed E-state index contributed by atoms with van der Waals surface area (Å²) in [5.41, 5.74) is 15.1. The van der Waals surface area contributed by atoms with Gasteiger partial charge >= 0.3 is 0 Å². The molecule has 1 fully saturated rings. The smallest absolute Gasteiger partial charge is 0.245 e. The zero-order chi connectivity index (χ0) is 62.7. The highest BCUT2D eigenvalue weighted by atomic mass is 19.1. The fourth-order valence-corrected chi connectivity index (χ4v) is 10.8. The number of phenolic OH excluding ortho intramolecular Hbond substituents is 1. The number of aryl methyl sites for hydroxylation is 1. The van der Waals surface area contributed by atoms with Gasteiger partial charge in [0, 0.05) is 86.6 Å². The van der Waals surface area contributed by atoms with Crippen LogP contribution in [0.1, 0.15) is 81.5 Å². The third-order valence-electron chi connectivity index (χ3n) is 15.4. The van der Waals surface area contributed by atoms with Gasteiger partial charge in [-0.25, -0.2) is 4.39 Å².